The molecule has 0 atom stereocenters. The third-order valence-corrected chi connectivity index (χ3v) is 9.12. The number of hydrogen-bond donors (Lipinski definition) is 2. The Morgan fingerprint density at radius 2 is 1.81 bits per heavy atom. The van der Waals surface area contributed by atoms with Crippen molar-refractivity contribution in [2.24, 2.45) is 0 Å². The molecule has 7 rings (SSSR count). The first-order chi connectivity index (χ1) is 21.0. The minimum atomic E-state index is 0.173. The second-order valence-electron chi connectivity index (χ2n) is 11.7. The summed E-state index contributed by atoms with van der Waals surface area (Å²) < 4.78 is 7.46. The van der Waals surface area contributed by atoms with E-state index in [1.165, 1.54) is 6.33 Å². The van der Waals surface area contributed by atoms with Crippen LogP contribution in [0.1, 0.15) is 50.0 Å². The highest BCUT2D eigenvalue weighted by atomic mass is 16.5. The molecule has 1 aliphatic heterocycles. The highest BCUT2D eigenvalue weighted by molar-refractivity contribution is 5.99. The van der Waals surface area contributed by atoms with Gasteiger partial charge in [0.15, 0.2) is 5.65 Å². The number of carbonyl (C=O) groups excluding carboxylic acids is 1. The predicted molar refractivity (Wildman–Crippen MR) is 166 cm³/mol. The van der Waals surface area contributed by atoms with E-state index in [9.17, 15) is 4.79 Å². The number of carbonyl (C=O) groups is 1. The fourth-order valence-corrected chi connectivity index (χ4v) is 6.79. The first kappa shape index (κ1) is 27.3. The van der Waals surface area contributed by atoms with Crippen LogP contribution in [0.25, 0.3) is 33.3 Å². The maximum Gasteiger partial charge on any atom is 0.219 e. The van der Waals surface area contributed by atoms with Crippen molar-refractivity contribution in [3.8, 4) is 17.0 Å². The predicted octanol–water partition coefficient (Wildman–Crippen LogP) is 4.20. The Morgan fingerprint density at radius 1 is 1.02 bits per heavy atom. The van der Waals surface area contributed by atoms with Crippen LogP contribution in [0, 0.1) is 0 Å². The lowest BCUT2D eigenvalue weighted by atomic mass is 9.90. The van der Waals surface area contributed by atoms with Crippen LogP contribution in [0.3, 0.4) is 0 Å². The van der Waals surface area contributed by atoms with Gasteiger partial charge in [0, 0.05) is 51.1 Å². The van der Waals surface area contributed by atoms with Crippen LogP contribution < -0.4 is 10.5 Å². The summed E-state index contributed by atoms with van der Waals surface area (Å²) in [4.78, 5) is 33.5. The van der Waals surface area contributed by atoms with Crippen LogP contribution >= 0.6 is 0 Å². The number of aromatic nitrogens is 6. The molecule has 4 heterocycles. The van der Waals surface area contributed by atoms with Gasteiger partial charge in [-0.1, -0.05) is 18.2 Å². The highest BCUT2D eigenvalue weighted by Gasteiger charge is 2.31. The number of nitrogens with two attached hydrogens (primary N) is 1. The largest absolute Gasteiger partial charge is 0.497 e. The van der Waals surface area contributed by atoms with Crippen molar-refractivity contribution in [2.75, 3.05) is 39.0 Å². The number of rotatable bonds is 6. The number of benzene rings is 2. The van der Waals surface area contributed by atoms with E-state index in [-0.39, 0.29) is 11.9 Å². The van der Waals surface area contributed by atoms with Gasteiger partial charge < -0.3 is 20.4 Å². The Labute approximate surface area is 250 Å². The van der Waals surface area contributed by atoms with Crippen molar-refractivity contribution in [1.82, 2.24) is 39.5 Å². The fourth-order valence-electron chi connectivity index (χ4n) is 6.79. The normalized spacial score (nSPS) is 19.7. The van der Waals surface area contributed by atoms with Crippen molar-refractivity contribution in [3.05, 3.63) is 60.2 Å². The summed E-state index contributed by atoms with van der Waals surface area (Å²) in [7, 11) is 1.68. The van der Waals surface area contributed by atoms with E-state index in [1.54, 1.807) is 14.0 Å². The van der Waals surface area contributed by atoms with Gasteiger partial charge in [0.1, 0.15) is 29.4 Å². The van der Waals surface area contributed by atoms with Crippen LogP contribution in [0.5, 0.6) is 5.75 Å². The van der Waals surface area contributed by atoms with Crippen molar-refractivity contribution in [1.29, 1.82) is 0 Å². The average molecular weight is 580 g/mol. The molecule has 5 aromatic rings. The van der Waals surface area contributed by atoms with Gasteiger partial charge in [0.2, 0.25) is 5.91 Å². The van der Waals surface area contributed by atoms with E-state index in [0.29, 0.717) is 18.3 Å². The number of imidazole rings is 1. The minimum absolute atomic E-state index is 0.173. The maximum atomic E-state index is 11.7. The number of methoxy groups -OCH3 is 1. The van der Waals surface area contributed by atoms with Crippen molar-refractivity contribution >= 4 is 33.8 Å². The molecule has 222 valence electrons. The maximum absolute atomic E-state index is 11.7. The fraction of sp³-hybridized carbons (Fsp3) is 0.406. The van der Waals surface area contributed by atoms with Gasteiger partial charge in [0.05, 0.1) is 29.6 Å². The van der Waals surface area contributed by atoms with Crippen LogP contribution in [-0.2, 0) is 11.2 Å². The number of H-pyrrole nitrogens is 1. The molecule has 1 saturated heterocycles. The zero-order valence-electron chi connectivity index (χ0n) is 24.7. The lowest BCUT2D eigenvalue weighted by Gasteiger charge is -2.41. The molecule has 11 heteroatoms. The van der Waals surface area contributed by atoms with E-state index in [1.807, 2.05) is 29.2 Å². The standard InChI is InChI=1S/C32H37N9O2/c1-20(42)39-12-14-40(15-13-39)23-7-9-24(10-8-23)41-32-29(31(33)34-19-35-32)30(38-41)22-6-11-26-27(18-22)37-28(36-26)17-21-4-3-5-25(16-21)43-2/h3-6,11,16,18-19,23-24H,7-10,12-15,17H2,1-2H3,(H,36,37)(H2,33,34,35). The second-order valence-corrected chi connectivity index (χ2v) is 11.7. The van der Waals surface area contributed by atoms with Gasteiger partial charge in [-0.3, -0.25) is 9.69 Å². The Morgan fingerprint density at radius 3 is 2.58 bits per heavy atom. The number of anilines is 1. The highest BCUT2D eigenvalue weighted by Crippen LogP contribution is 2.37. The summed E-state index contributed by atoms with van der Waals surface area (Å²) in [5.74, 6) is 2.33. The molecule has 3 aromatic heterocycles. The van der Waals surface area contributed by atoms with Gasteiger partial charge in [0.25, 0.3) is 0 Å². The first-order valence-corrected chi connectivity index (χ1v) is 15.1. The lowest BCUT2D eigenvalue weighted by Crippen LogP contribution is -2.52. The molecule has 0 spiro atoms. The quantitative estimate of drug-likeness (QED) is 0.306. The van der Waals surface area contributed by atoms with Gasteiger partial charge in [-0.2, -0.15) is 5.10 Å². The number of nitrogen functional groups attached to an aromatic ring is 1. The minimum Gasteiger partial charge on any atom is -0.497 e. The summed E-state index contributed by atoms with van der Waals surface area (Å²) in [5.41, 5.74) is 11.9. The molecule has 0 radical (unpaired) electrons. The molecular formula is C32H37N9O2. The molecule has 2 aliphatic rings. The van der Waals surface area contributed by atoms with Crippen LogP contribution in [0.15, 0.2) is 48.8 Å². The molecule has 1 amide bonds. The number of fused-ring (bicyclic) bond motifs is 2. The summed E-state index contributed by atoms with van der Waals surface area (Å²) in [5, 5.41) is 5.93. The molecule has 3 N–H and O–H groups in total. The van der Waals surface area contributed by atoms with Gasteiger partial charge in [-0.15, -0.1) is 0 Å². The molecule has 1 saturated carbocycles. The van der Waals surface area contributed by atoms with Crippen LogP contribution in [0.4, 0.5) is 5.82 Å². The number of ether oxygens (including phenoxy) is 1. The lowest BCUT2D eigenvalue weighted by molar-refractivity contribution is -0.131. The van der Waals surface area contributed by atoms with Gasteiger partial charge in [-0.05, 0) is 55.5 Å². The second kappa shape index (κ2) is 11.3. The topological polar surface area (TPSA) is 131 Å². The van der Waals surface area contributed by atoms with Crippen molar-refractivity contribution < 1.29 is 9.53 Å². The SMILES string of the molecule is COc1cccc(Cc2nc3ccc(-c4nn(C5CCC(N6CCN(C(C)=O)CC6)CC5)c5ncnc(N)c45)cc3[nH]2)c1. The number of aromatic amines is 1. The molecule has 43 heavy (non-hydrogen) atoms. The first-order valence-electron chi connectivity index (χ1n) is 15.1. The van der Waals surface area contributed by atoms with E-state index in [2.05, 4.69) is 42.7 Å². The molecule has 2 fully saturated rings. The third kappa shape index (κ3) is 5.29. The zero-order valence-corrected chi connectivity index (χ0v) is 24.7. The number of hydrogen-bond acceptors (Lipinski definition) is 8. The molecule has 1 aliphatic carbocycles. The van der Waals surface area contributed by atoms with Crippen molar-refractivity contribution in [2.45, 2.75) is 51.1 Å². The molecule has 2 aromatic carbocycles. The molecule has 11 nitrogen and oxygen atoms in total. The molecular weight excluding hydrogens is 542 g/mol. The summed E-state index contributed by atoms with van der Waals surface area (Å²) in [6.07, 6.45) is 6.43. The Bertz CT molecular complexity index is 1780. The van der Waals surface area contributed by atoms with Crippen LogP contribution in [0.2, 0.25) is 0 Å². The number of nitrogens with one attached hydrogen (secondary N) is 1. The number of piperazine rings is 1. The molecule has 0 bridgehead atoms. The number of nitrogens with zero attached hydrogens (tertiary/aromatic N) is 7. The Balaban J connectivity index is 1.13. The Hall–Kier alpha value is -4.51. The Kier molecular flexibility index (Phi) is 7.18. The zero-order chi connectivity index (χ0) is 29.5. The summed E-state index contributed by atoms with van der Waals surface area (Å²) >= 11 is 0. The monoisotopic (exact) mass is 579 g/mol. The van der Waals surface area contributed by atoms with E-state index in [4.69, 9.17) is 20.6 Å². The molecule has 0 unspecified atom stereocenters. The average Bonchev–Trinajstić information content (AvgIpc) is 3.63. The van der Waals surface area contributed by atoms with E-state index < -0.39 is 0 Å². The smallest absolute Gasteiger partial charge is 0.219 e. The third-order valence-electron chi connectivity index (χ3n) is 9.12. The van der Waals surface area contributed by atoms with Crippen molar-refractivity contribution in [3.63, 3.8) is 0 Å². The van der Waals surface area contributed by atoms with E-state index in [0.717, 1.165) is 102 Å². The summed E-state index contributed by atoms with van der Waals surface area (Å²) in [6, 6.07) is 15.0. The van der Waals surface area contributed by atoms with E-state index >= 15 is 0 Å². The van der Waals surface area contributed by atoms with Crippen LogP contribution in [-0.4, -0.2) is 84.8 Å². The van der Waals surface area contributed by atoms with Gasteiger partial charge in [-0.25, -0.2) is 19.6 Å². The van der Waals surface area contributed by atoms with Gasteiger partial charge >= 0.3 is 0 Å². The summed E-state index contributed by atoms with van der Waals surface area (Å²) in [6.45, 7) is 5.20. The number of amides is 1.